The molecule has 3 rings (SSSR count). The lowest BCUT2D eigenvalue weighted by Crippen LogP contribution is -2.30. The van der Waals surface area contributed by atoms with Gasteiger partial charge in [0.1, 0.15) is 11.4 Å². The van der Waals surface area contributed by atoms with E-state index in [-0.39, 0.29) is 0 Å². The fraction of sp³-hybridized carbons (Fsp3) is 0.150. The normalized spacial score (nSPS) is 14.7. The van der Waals surface area contributed by atoms with Crippen molar-refractivity contribution in [2.24, 2.45) is 0 Å². The second kappa shape index (κ2) is 8.23. The predicted molar refractivity (Wildman–Crippen MR) is 108 cm³/mol. The van der Waals surface area contributed by atoms with Gasteiger partial charge in [-0.05, 0) is 27.6 Å². The molecule has 0 saturated carbocycles. The molecule has 0 fully saturated rings. The summed E-state index contributed by atoms with van der Waals surface area (Å²) < 4.78 is 32.5. The lowest BCUT2D eigenvalue weighted by atomic mass is 9.97. The molecule has 140 valence electrons. The van der Waals surface area contributed by atoms with Crippen molar-refractivity contribution in [1.29, 1.82) is 0 Å². The van der Waals surface area contributed by atoms with Crippen molar-refractivity contribution in [2.45, 2.75) is 6.43 Å². The van der Waals surface area contributed by atoms with E-state index < -0.39 is 13.0 Å². The molecular formula is C20H16BrClF2N2O. The number of aromatic nitrogens is 1. The molecule has 1 aromatic carbocycles. The van der Waals surface area contributed by atoms with E-state index in [0.717, 1.165) is 11.1 Å². The number of pyridine rings is 1. The molecule has 7 heteroatoms. The number of allylic oxidation sites excluding steroid dienone is 3. The summed E-state index contributed by atoms with van der Waals surface area (Å²) in [6, 6.07) is 11.1. The van der Waals surface area contributed by atoms with Crippen LogP contribution in [0, 0.1) is 0 Å². The van der Waals surface area contributed by atoms with E-state index in [1.54, 1.807) is 6.07 Å². The maximum absolute atomic E-state index is 13.3. The Morgan fingerprint density at radius 2 is 2.00 bits per heavy atom. The first-order chi connectivity index (χ1) is 12.9. The molecule has 1 aliphatic rings. The van der Waals surface area contributed by atoms with Gasteiger partial charge >= 0.3 is 0 Å². The zero-order valence-corrected chi connectivity index (χ0v) is 16.8. The molecule has 0 N–H and O–H groups in total. The zero-order chi connectivity index (χ0) is 19.6. The Morgan fingerprint density at radius 1 is 1.30 bits per heavy atom. The molecule has 0 saturated heterocycles. The molecule has 0 bridgehead atoms. The van der Waals surface area contributed by atoms with Crippen LogP contribution in [-0.2, 0) is 0 Å². The summed E-state index contributed by atoms with van der Waals surface area (Å²) in [7, 11) is 1.51. The standard InChI is InChI=1S/C20H16BrClF2N2O/c1-12-16(21)9-15(13-6-4-3-5-7-13)20(26(12)11-18(23)24)19-17(22)8-14(27-2)10-25-19/h3-10,18H,1,11H2,2H3. The number of rotatable bonds is 5. The van der Waals surface area contributed by atoms with Crippen LogP contribution in [0.3, 0.4) is 0 Å². The Balaban J connectivity index is 2.29. The van der Waals surface area contributed by atoms with Crippen LogP contribution in [0.15, 0.2) is 65.4 Å². The first kappa shape index (κ1) is 19.6. The number of nitrogens with zero attached hydrogens (tertiary/aromatic N) is 2. The number of methoxy groups -OCH3 is 1. The van der Waals surface area contributed by atoms with Gasteiger partial charge in [0, 0.05) is 21.8 Å². The molecule has 0 radical (unpaired) electrons. The molecule has 2 heterocycles. The van der Waals surface area contributed by atoms with Crippen molar-refractivity contribution in [2.75, 3.05) is 13.7 Å². The lowest BCUT2D eigenvalue weighted by molar-refractivity contribution is 0.123. The summed E-state index contributed by atoms with van der Waals surface area (Å²) in [6.07, 6.45) is 0.786. The molecule has 0 amide bonds. The van der Waals surface area contributed by atoms with Crippen LogP contribution in [0.4, 0.5) is 8.78 Å². The third kappa shape index (κ3) is 4.06. The molecular weight excluding hydrogens is 438 g/mol. The smallest absolute Gasteiger partial charge is 0.256 e. The van der Waals surface area contributed by atoms with Gasteiger partial charge in [-0.25, -0.2) is 13.8 Å². The highest BCUT2D eigenvalue weighted by atomic mass is 79.9. The fourth-order valence-corrected chi connectivity index (χ4v) is 3.52. The minimum absolute atomic E-state index is 0.302. The van der Waals surface area contributed by atoms with E-state index in [1.165, 1.54) is 18.2 Å². The van der Waals surface area contributed by atoms with Gasteiger partial charge in [-0.15, -0.1) is 0 Å². The predicted octanol–water partition coefficient (Wildman–Crippen LogP) is 5.99. The molecule has 0 spiro atoms. The quantitative estimate of drug-likeness (QED) is 0.556. The van der Waals surface area contributed by atoms with E-state index in [4.69, 9.17) is 16.3 Å². The maximum atomic E-state index is 13.3. The van der Waals surface area contributed by atoms with Gasteiger partial charge in [0.15, 0.2) is 0 Å². The van der Waals surface area contributed by atoms with Crippen molar-refractivity contribution in [3.8, 4) is 5.75 Å². The van der Waals surface area contributed by atoms with Crippen LogP contribution in [0.5, 0.6) is 5.75 Å². The second-order valence-corrected chi connectivity index (χ2v) is 7.04. The van der Waals surface area contributed by atoms with Gasteiger partial charge < -0.3 is 9.64 Å². The number of hydrogen-bond acceptors (Lipinski definition) is 3. The SMILES string of the molecule is C=C1C(Br)=CC(c2ccccc2)=C(c2ncc(OC)cc2Cl)N1CC(F)F. The Labute approximate surface area is 169 Å². The fourth-order valence-electron chi connectivity index (χ4n) is 2.83. The van der Waals surface area contributed by atoms with Gasteiger partial charge in [-0.1, -0.05) is 48.5 Å². The summed E-state index contributed by atoms with van der Waals surface area (Å²) in [6.45, 7) is 3.41. The maximum Gasteiger partial charge on any atom is 0.256 e. The van der Waals surface area contributed by atoms with Crippen LogP contribution in [0.2, 0.25) is 5.02 Å². The number of ether oxygens (including phenoxy) is 1. The van der Waals surface area contributed by atoms with Crippen LogP contribution >= 0.6 is 27.5 Å². The number of benzene rings is 1. The number of hydrogen-bond donors (Lipinski definition) is 0. The molecule has 1 aliphatic heterocycles. The third-order valence-electron chi connectivity index (χ3n) is 4.08. The lowest BCUT2D eigenvalue weighted by Gasteiger charge is -2.34. The van der Waals surface area contributed by atoms with E-state index in [9.17, 15) is 8.78 Å². The largest absolute Gasteiger partial charge is 0.495 e. The molecule has 2 aromatic rings. The number of alkyl halides is 2. The van der Waals surface area contributed by atoms with Crippen molar-refractivity contribution in [3.05, 3.63) is 81.7 Å². The molecule has 27 heavy (non-hydrogen) atoms. The van der Waals surface area contributed by atoms with Gasteiger partial charge in [0.25, 0.3) is 6.43 Å². The Morgan fingerprint density at radius 3 is 2.59 bits per heavy atom. The highest BCUT2D eigenvalue weighted by Crippen LogP contribution is 2.42. The van der Waals surface area contributed by atoms with Gasteiger partial charge in [0.2, 0.25) is 0 Å². The molecule has 0 atom stereocenters. The van der Waals surface area contributed by atoms with E-state index in [1.807, 2.05) is 36.4 Å². The van der Waals surface area contributed by atoms with Crippen molar-refractivity contribution in [3.63, 3.8) is 0 Å². The minimum Gasteiger partial charge on any atom is -0.495 e. The first-order valence-corrected chi connectivity index (χ1v) is 9.21. The van der Waals surface area contributed by atoms with Crippen molar-refractivity contribution >= 4 is 38.8 Å². The monoisotopic (exact) mass is 452 g/mol. The van der Waals surface area contributed by atoms with Crippen LogP contribution in [0.1, 0.15) is 11.3 Å². The van der Waals surface area contributed by atoms with Crippen molar-refractivity contribution < 1.29 is 13.5 Å². The topological polar surface area (TPSA) is 25.4 Å². The van der Waals surface area contributed by atoms with Crippen molar-refractivity contribution in [1.82, 2.24) is 9.88 Å². The average molecular weight is 454 g/mol. The van der Waals surface area contributed by atoms with E-state index in [2.05, 4.69) is 27.5 Å². The summed E-state index contributed by atoms with van der Waals surface area (Å²) in [5.74, 6) is 0.484. The third-order valence-corrected chi connectivity index (χ3v) is 5.05. The minimum atomic E-state index is -2.57. The van der Waals surface area contributed by atoms with Crippen LogP contribution < -0.4 is 4.74 Å². The number of halogens is 4. The van der Waals surface area contributed by atoms with E-state index >= 15 is 0 Å². The first-order valence-electron chi connectivity index (χ1n) is 8.04. The zero-order valence-electron chi connectivity index (χ0n) is 14.4. The summed E-state index contributed by atoms with van der Waals surface area (Å²) in [5, 5.41) is 0.302. The summed E-state index contributed by atoms with van der Waals surface area (Å²) in [5.41, 5.74) is 2.84. The molecule has 3 nitrogen and oxygen atoms in total. The Kier molecular flexibility index (Phi) is 5.97. The molecule has 0 aliphatic carbocycles. The van der Waals surface area contributed by atoms with Gasteiger partial charge in [0.05, 0.1) is 30.6 Å². The highest BCUT2D eigenvalue weighted by molar-refractivity contribution is 9.12. The van der Waals surface area contributed by atoms with Gasteiger partial charge in [-0.2, -0.15) is 0 Å². The highest BCUT2D eigenvalue weighted by Gasteiger charge is 2.29. The molecule has 0 unspecified atom stereocenters. The average Bonchev–Trinajstić information content (AvgIpc) is 2.66. The van der Waals surface area contributed by atoms with Gasteiger partial charge in [-0.3, -0.25) is 0 Å². The van der Waals surface area contributed by atoms with E-state index in [0.29, 0.717) is 32.3 Å². The Hall–Kier alpha value is -2.18. The summed E-state index contributed by atoms with van der Waals surface area (Å²) >= 11 is 9.86. The Bertz CT molecular complexity index is 929. The summed E-state index contributed by atoms with van der Waals surface area (Å²) in [4.78, 5) is 5.82. The molecule has 1 aromatic heterocycles. The van der Waals surface area contributed by atoms with Crippen LogP contribution in [-0.4, -0.2) is 30.0 Å². The van der Waals surface area contributed by atoms with Crippen LogP contribution in [0.25, 0.3) is 11.3 Å². The second-order valence-electron chi connectivity index (χ2n) is 5.77.